The molecule has 29 heavy (non-hydrogen) atoms. The summed E-state index contributed by atoms with van der Waals surface area (Å²) < 4.78 is 0. The van der Waals surface area contributed by atoms with Crippen LogP contribution in [-0.2, 0) is 16.9 Å². The molecule has 152 valence electrons. The van der Waals surface area contributed by atoms with Gasteiger partial charge in [-0.25, -0.2) is 0 Å². The topological polar surface area (TPSA) is 52.6 Å². The highest BCUT2D eigenvalue weighted by Gasteiger charge is 2.56. The molecule has 4 heteroatoms. The lowest BCUT2D eigenvalue weighted by Gasteiger charge is -2.40. The average molecular weight is 391 g/mol. The summed E-state index contributed by atoms with van der Waals surface area (Å²) >= 11 is 0. The van der Waals surface area contributed by atoms with Crippen molar-refractivity contribution < 1.29 is 9.90 Å². The molecule has 4 atom stereocenters. The molecule has 2 aromatic rings. The number of carbonyl (C=O) groups is 1. The predicted octanol–water partition coefficient (Wildman–Crippen LogP) is 3.17. The van der Waals surface area contributed by atoms with Gasteiger partial charge in [0.25, 0.3) is 5.91 Å². The van der Waals surface area contributed by atoms with Crippen LogP contribution < -0.4 is 5.32 Å². The second kappa shape index (κ2) is 7.58. The second-order valence-corrected chi connectivity index (χ2v) is 9.14. The lowest BCUT2D eigenvalue weighted by atomic mass is 9.69. The van der Waals surface area contributed by atoms with Crippen LogP contribution in [-0.4, -0.2) is 35.5 Å². The Hall–Kier alpha value is -2.17. The largest absolute Gasteiger partial charge is 0.375 e. The van der Waals surface area contributed by atoms with Crippen LogP contribution in [0, 0.1) is 23.7 Å². The number of piperidine rings is 1. The van der Waals surface area contributed by atoms with Gasteiger partial charge in [0, 0.05) is 32.1 Å². The summed E-state index contributed by atoms with van der Waals surface area (Å²) in [5, 5.41) is 14.5. The van der Waals surface area contributed by atoms with Crippen LogP contribution in [0.4, 0.5) is 0 Å². The van der Waals surface area contributed by atoms with Crippen molar-refractivity contribution in [1.29, 1.82) is 0 Å². The van der Waals surface area contributed by atoms with E-state index in [4.69, 9.17) is 0 Å². The predicted molar refractivity (Wildman–Crippen MR) is 113 cm³/mol. The molecule has 1 heterocycles. The number of hydrogen-bond acceptors (Lipinski definition) is 3. The number of likely N-dealkylation sites (tertiary alicyclic amines) is 1. The Morgan fingerprint density at radius 1 is 1.00 bits per heavy atom. The Balaban J connectivity index is 1.16. The molecule has 0 bridgehead atoms. The van der Waals surface area contributed by atoms with E-state index in [2.05, 4.69) is 40.5 Å². The number of amides is 1. The van der Waals surface area contributed by atoms with Crippen LogP contribution >= 0.6 is 0 Å². The van der Waals surface area contributed by atoms with Gasteiger partial charge in [-0.3, -0.25) is 9.69 Å². The van der Waals surface area contributed by atoms with E-state index >= 15 is 0 Å². The summed E-state index contributed by atoms with van der Waals surface area (Å²) in [4.78, 5) is 15.6. The van der Waals surface area contributed by atoms with Gasteiger partial charge in [-0.2, -0.15) is 0 Å². The molecule has 3 fully saturated rings. The molecule has 0 radical (unpaired) electrons. The minimum Gasteiger partial charge on any atom is -0.375 e. The molecule has 2 unspecified atom stereocenters. The molecule has 2 N–H and O–H groups in total. The second-order valence-electron chi connectivity index (χ2n) is 9.14. The Bertz CT molecular complexity index is 840. The zero-order valence-corrected chi connectivity index (χ0v) is 16.8. The van der Waals surface area contributed by atoms with Gasteiger partial charge in [0.2, 0.25) is 0 Å². The van der Waals surface area contributed by atoms with Gasteiger partial charge in [-0.1, -0.05) is 67.1 Å². The maximum Gasteiger partial charge on any atom is 0.256 e. The van der Waals surface area contributed by atoms with Crippen molar-refractivity contribution in [3.8, 4) is 0 Å². The van der Waals surface area contributed by atoms with Crippen molar-refractivity contribution >= 4 is 5.91 Å². The highest BCUT2D eigenvalue weighted by atomic mass is 16.3. The third kappa shape index (κ3) is 3.49. The van der Waals surface area contributed by atoms with Crippen LogP contribution in [0.2, 0.25) is 0 Å². The fraction of sp³-hybridized carbons (Fsp3) is 0.480. The highest BCUT2D eigenvalue weighted by molar-refractivity contribution is 5.86. The highest BCUT2D eigenvalue weighted by Crippen LogP contribution is 2.51. The first-order valence-corrected chi connectivity index (χ1v) is 11.0. The fourth-order valence-corrected chi connectivity index (χ4v) is 5.43. The number of benzene rings is 2. The molecule has 1 aliphatic heterocycles. The van der Waals surface area contributed by atoms with E-state index in [-0.39, 0.29) is 11.8 Å². The molecule has 5 rings (SSSR count). The van der Waals surface area contributed by atoms with Crippen molar-refractivity contribution in [3.05, 3.63) is 71.8 Å². The number of hydrogen-bond donors (Lipinski definition) is 2. The van der Waals surface area contributed by atoms with E-state index in [0.717, 1.165) is 44.5 Å². The van der Waals surface area contributed by atoms with Crippen molar-refractivity contribution in [3.63, 3.8) is 0 Å². The number of fused-ring (bicyclic) bond motifs is 1. The standard InChI is InChI=1S/C25H30N2O2/c28-24(25(29,20-12-7-13-20)19-10-5-2-6-11-19)26-14-21-22-16-27(17-23(21)22)15-18-8-3-1-4-9-18/h1-6,8-11,20-23,29H,7,12-17H2,(H,26,28)/t21-,22-,23?,25?/m1/s1. The maximum absolute atomic E-state index is 13.1. The van der Waals surface area contributed by atoms with E-state index in [1.807, 2.05) is 30.3 Å². The van der Waals surface area contributed by atoms with Crippen molar-refractivity contribution in [2.45, 2.75) is 31.4 Å². The number of aliphatic hydroxyl groups is 1. The molecule has 0 aromatic heterocycles. The van der Waals surface area contributed by atoms with Crippen LogP contribution in [0.1, 0.15) is 30.4 Å². The summed E-state index contributed by atoms with van der Waals surface area (Å²) in [6.45, 7) is 3.94. The Morgan fingerprint density at radius 2 is 1.62 bits per heavy atom. The summed E-state index contributed by atoms with van der Waals surface area (Å²) in [6.07, 6.45) is 2.93. The molecule has 3 aliphatic rings. The lowest BCUT2D eigenvalue weighted by Crippen LogP contribution is -2.52. The van der Waals surface area contributed by atoms with Gasteiger partial charge in [-0.15, -0.1) is 0 Å². The molecular formula is C25H30N2O2. The Kier molecular flexibility index (Phi) is 4.92. The van der Waals surface area contributed by atoms with Crippen molar-refractivity contribution in [2.75, 3.05) is 19.6 Å². The maximum atomic E-state index is 13.1. The van der Waals surface area contributed by atoms with E-state index < -0.39 is 5.60 Å². The average Bonchev–Trinajstić information content (AvgIpc) is 3.16. The van der Waals surface area contributed by atoms with Crippen LogP contribution in [0.25, 0.3) is 0 Å². The Labute approximate surface area is 172 Å². The van der Waals surface area contributed by atoms with Gasteiger partial charge in [0.05, 0.1) is 0 Å². The van der Waals surface area contributed by atoms with Crippen molar-refractivity contribution in [2.24, 2.45) is 23.7 Å². The quantitative estimate of drug-likeness (QED) is 0.764. The molecule has 0 spiro atoms. The summed E-state index contributed by atoms with van der Waals surface area (Å²) in [5.74, 6) is 1.76. The lowest BCUT2D eigenvalue weighted by molar-refractivity contribution is -0.152. The monoisotopic (exact) mass is 390 g/mol. The minimum absolute atomic E-state index is 0.0324. The molecule has 4 nitrogen and oxygen atoms in total. The molecule has 2 aliphatic carbocycles. The van der Waals surface area contributed by atoms with Gasteiger partial charge < -0.3 is 10.4 Å². The summed E-state index contributed by atoms with van der Waals surface area (Å²) in [5.41, 5.74) is 0.711. The zero-order chi connectivity index (χ0) is 19.8. The van der Waals surface area contributed by atoms with Crippen LogP contribution in [0.5, 0.6) is 0 Å². The number of nitrogens with one attached hydrogen (secondary N) is 1. The zero-order valence-electron chi connectivity index (χ0n) is 16.8. The van der Waals surface area contributed by atoms with Crippen LogP contribution in [0.3, 0.4) is 0 Å². The van der Waals surface area contributed by atoms with Gasteiger partial charge >= 0.3 is 0 Å². The van der Waals surface area contributed by atoms with Gasteiger partial charge in [-0.05, 0) is 41.7 Å². The van der Waals surface area contributed by atoms with Gasteiger partial charge in [0.1, 0.15) is 0 Å². The van der Waals surface area contributed by atoms with Crippen molar-refractivity contribution in [1.82, 2.24) is 10.2 Å². The van der Waals surface area contributed by atoms with E-state index in [1.54, 1.807) is 0 Å². The first-order chi connectivity index (χ1) is 14.2. The molecule has 1 saturated heterocycles. The third-order valence-electron chi connectivity index (χ3n) is 7.45. The SMILES string of the molecule is O=C(NC[C@H]1C2CN(Cc3ccccc3)C[C@@H]21)C(O)(c1ccccc1)C1CCC1. The molecule has 1 amide bonds. The molecule has 2 saturated carbocycles. The van der Waals surface area contributed by atoms with E-state index in [1.165, 1.54) is 5.56 Å². The number of rotatable bonds is 7. The normalized spacial score (nSPS) is 28.2. The van der Waals surface area contributed by atoms with E-state index in [0.29, 0.717) is 24.3 Å². The molecule has 2 aromatic carbocycles. The smallest absolute Gasteiger partial charge is 0.256 e. The first-order valence-electron chi connectivity index (χ1n) is 11.0. The number of carbonyl (C=O) groups excluding carboxylic acids is 1. The summed E-state index contributed by atoms with van der Waals surface area (Å²) in [7, 11) is 0. The van der Waals surface area contributed by atoms with Crippen LogP contribution in [0.15, 0.2) is 60.7 Å². The summed E-state index contributed by atoms with van der Waals surface area (Å²) in [6, 6.07) is 20.1. The first kappa shape index (κ1) is 18.8. The third-order valence-corrected chi connectivity index (χ3v) is 7.45. The molecular weight excluding hydrogens is 360 g/mol. The van der Waals surface area contributed by atoms with E-state index in [9.17, 15) is 9.90 Å². The fourth-order valence-electron chi connectivity index (χ4n) is 5.43. The van der Waals surface area contributed by atoms with Gasteiger partial charge in [0.15, 0.2) is 5.60 Å². The minimum atomic E-state index is -1.39. The Morgan fingerprint density at radius 3 is 2.21 bits per heavy atom. The number of nitrogens with zero attached hydrogens (tertiary/aromatic N) is 1.